The lowest BCUT2D eigenvalue weighted by Gasteiger charge is -2.36. The van der Waals surface area contributed by atoms with E-state index in [1.165, 1.54) is 11.0 Å². The van der Waals surface area contributed by atoms with E-state index in [-0.39, 0.29) is 28.6 Å². The van der Waals surface area contributed by atoms with Gasteiger partial charge < -0.3 is 9.80 Å². The highest BCUT2D eigenvalue weighted by Crippen LogP contribution is 2.27. The lowest BCUT2D eigenvalue weighted by atomic mass is 10.0. The van der Waals surface area contributed by atoms with Crippen LogP contribution in [0.15, 0.2) is 24.3 Å². The number of non-ortho nitro benzene ring substituents is 1. The lowest BCUT2D eigenvalue weighted by Crippen LogP contribution is -2.46. The fourth-order valence-electron chi connectivity index (χ4n) is 4.69. The Balaban J connectivity index is 1.19. The molecule has 1 aromatic rings. The molecular formula is C21H29N5O4. The molecule has 1 unspecified atom stereocenters. The van der Waals surface area contributed by atoms with Gasteiger partial charge in [0.25, 0.3) is 11.6 Å². The first-order chi connectivity index (χ1) is 14.5. The Hall–Kier alpha value is -2.68. The van der Waals surface area contributed by atoms with Crippen molar-refractivity contribution in [2.24, 2.45) is 0 Å². The van der Waals surface area contributed by atoms with Crippen molar-refractivity contribution >= 4 is 23.3 Å². The summed E-state index contributed by atoms with van der Waals surface area (Å²) in [6.45, 7) is 5.63. The number of urea groups is 1. The van der Waals surface area contributed by atoms with E-state index >= 15 is 0 Å². The van der Waals surface area contributed by atoms with Crippen LogP contribution in [0.5, 0.6) is 0 Å². The highest BCUT2D eigenvalue weighted by atomic mass is 16.6. The zero-order valence-corrected chi connectivity index (χ0v) is 17.2. The highest BCUT2D eigenvalue weighted by Gasteiger charge is 2.45. The molecule has 3 amide bonds. The van der Waals surface area contributed by atoms with Crippen molar-refractivity contribution in [3.05, 3.63) is 34.4 Å². The zero-order valence-electron chi connectivity index (χ0n) is 17.2. The molecule has 30 heavy (non-hydrogen) atoms. The largest absolute Gasteiger partial charge is 0.369 e. The fourth-order valence-corrected chi connectivity index (χ4v) is 4.69. The molecule has 9 nitrogen and oxygen atoms in total. The minimum absolute atomic E-state index is 0.00901. The molecule has 0 bridgehead atoms. The second-order valence-electron chi connectivity index (χ2n) is 8.29. The summed E-state index contributed by atoms with van der Waals surface area (Å²) in [6, 6.07) is 6.48. The number of carbonyl (C=O) groups excluding carboxylic acids is 2. The average Bonchev–Trinajstić information content (AvgIpc) is 3.02. The molecule has 1 aromatic carbocycles. The summed E-state index contributed by atoms with van der Waals surface area (Å²) in [5.41, 5.74) is 1.02. The molecule has 0 aliphatic carbocycles. The van der Waals surface area contributed by atoms with Gasteiger partial charge in [0.1, 0.15) is 6.04 Å². The van der Waals surface area contributed by atoms with Gasteiger partial charge in [-0.3, -0.25) is 24.7 Å². The van der Waals surface area contributed by atoms with E-state index < -0.39 is 0 Å². The monoisotopic (exact) mass is 415 g/mol. The van der Waals surface area contributed by atoms with E-state index in [1.807, 2.05) is 6.07 Å². The Bertz CT molecular complexity index is 784. The summed E-state index contributed by atoms with van der Waals surface area (Å²) in [4.78, 5) is 43.3. The van der Waals surface area contributed by atoms with Crippen LogP contribution in [0.4, 0.5) is 16.2 Å². The van der Waals surface area contributed by atoms with E-state index in [0.717, 1.165) is 70.5 Å². The number of piperazine rings is 1. The molecule has 0 N–H and O–H groups in total. The number of hydrogen-bond donors (Lipinski definition) is 0. The number of anilines is 1. The van der Waals surface area contributed by atoms with E-state index in [0.29, 0.717) is 13.1 Å². The van der Waals surface area contributed by atoms with Gasteiger partial charge in [-0.05, 0) is 44.7 Å². The van der Waals surface area contributed by atoms with Gasteiger partial charge in [-0.2, -0.15) is 0 Å². The van der Waals surface area contributed by atoms with Gasteiger partial charge in [0, 0.05) is 57.1 Å². The summed E-state index contributed by atoms with van der Waals surface area (Å²) in [5.74, 6) is -0.00901. The smallest absolute Gasteiger partial charge is 0.327 e. The molecule has 9 heteroatoms. The first-order valence-corrected chi connectivity index (χ1v) is 10.9. The summed E-state index contributed by atoms with van der Waals surface area (Å²) < 4.78 is 0. The van der Waals surface area contributed by atoms with Gasteiger partial charge in [0.15, 0.2) is 0 Å². The highest BCUT2D eigenvalue weighted by molar-refractivity contribution is 6.04. The van der Waals surface area contributed by atoms with Crippen LogP contribution < -0.4 is 4.90 Å². The number of imide groups is 1. The number of piperidine rings is 1. The van der Waals surface area contributed by atoms with Crippen LogP contribution in [0.1, 0.15) is 32.1 Å². The molecule has 3 saturated heterocycles. The van der Waals surface area contributed by atoms with Crippen molar-refractivity contribution in [3.8, 4) is 0 Å². The van der Waals surface area contributed by atoms with Crippen LogP contribution in [0.25, 0.3) is 0 Å². The summed E-state index contributed by atoms with van der Waals surface area (Å²) in [5, 5.41) is 11.0. The second kappa shape index (κ2) is 8.99. The number of nitro benzene ring substituents is 1. The molecule has 3 fully saturated rings. The molecule has 4 rings (SSSR count). The number of unbranched alkanes of at least 4 members (excludes halogenated alkanes) is 1. The first kappa shape index (κ1) is 20.6. The number of hydrogen-bond acceptors (Lipinski definition) is 6. The quantitative estimate of drug-likeness (QED) is 0.294. The third-order valence-electron chi connectivity index (χ3n) is 6.41. The van der Waals surface area contributed by atoms with Crippen LogP contribution in [0, 0.1) is 10.1 Å². The molecule has 0 radical (unpaired) electrons. The van der Waals surface area contributed by atoms with Crippen LogP contribution in [-0.2, 0) is 4.79 Å². The lowest BCUT2D eigenvalue weighted by molar-refractivity contribution is -0.384. The van der Waals surface area contributed by atoms with E-state index in [4.69, 9.17) is 0 Å². The summed E-state index contributed by atoms with van der Waals surface area (Å²) in [7, 11) is 0. The predicted octanol–water partition coefficient (Wildman–Crippen LogP) is 2.31. The molecule has 162 valence electrons. The van der Waals surface area contributed by atoms with Crippen molar-refractivity contribution < 1.29 is 14.5 Å². The standard InChI is InChI=1S/C21H29N5O4/c27-20-19-8-1-2-10-24(19)21(28)25(20)11-4-3-9-22-12-14-23(15-13-22)17-6-5-7-18(16-17)26(29)30/h5-7,16,19H,1-4,8-15H2. The predicted molar refractivity (Wildman–Crippen MR) is 112 cm³/mol. The summed E-state index contributed by atoms with van der Waals surface area (Å²) >= 11 is 0. The molecule has 0 aromatic heterocycles. The van der Waals surface area contributed by atoms with Gasteiger partial charge in [0.05, 0.1) is 4.92 Å². The van der Waals surface area contributed by atoms with Crippen LogP contribution >= 0.6 is 0 Å². The van der Waals surface area contributed by atoms with Crippen molar-refractivity contribution in [1.82, 2.24) is 14.7 Å². The van der Waals surface area contributed by atoms with Crippen LogP contribution in [-0.4, -0.2) is 83.4 Å². The van der Waals surface area contributed by atoms with Crippen LogP contribution in [0.3, 0.4) is 0 Å². The fraction of sp³-hybridized carbons (Fsp3) is 0.619. The van der Waals surface area contributed by atoms with E-state index in [9.17, 15) is 19.7 Å². The zero-order chi connectivity index (χ0) is 21.1. The topological polar surface area (TPSA) is 90.2 Å². The Labute approximate surface area is 176 Å². The maximum Gasteiger partial charge on any atom is 0.327 e. The number of amides is 3. The Morgan fingerprint density at radius 2 is 1.77 bits per heavy atom. The van der Waals surface area contributed by atoms with Crippen molar-refractivity contribution in [2.75, 3.05) is 50.7 Å². The number of nitro groups is 1. The Morgan fingerprint density at radius 3 is 2.50 bits per heavy atom. The second-order valence-corrected chi connectivity index (χ2v) is 8.29. The van der Waals surface area contributed by atoms with E-state index in [1.54, 1.807) is 17.0 Å². The van der Waals surface area contributed by atoms with Gasteiger partial charge in [0.2, 0.25) is 0 Å². The average molecular weight is 415 g/mol. The Morgan fingerprint density at radius 1 is 1.00 bits per heavy atom. The van der Waals surface area contributed by atoms with Crippen molar-refractivity contribution in [1.29, 1.82) is 0 Å². The minimum Gasteiger partial charge on any atom is -0.369 e. The maximum atomic E-state index is 12.5. The van der Waals surface area contributed by atoms with Gasteiger partial charge in [-0.1, -0.05) is 6.07 Å². The number of benzene rings is 1. The number of rotatable bonds is 7. The number of fused-ring (bicyclic) bond motifs is 1. The van der Waals surface area contributed by atoms with Gasteiger partial charge in [-0.15, -0.1) is 0 Å². The first-order valence-electron chi connectivity index (χ1n) is 10.9. The molecule has 3 aliphatic rings. The summed E-state index contributed by atoms with van der Waals surface area (Å²) in [6.07, 6.45) is 4.58. The normalized spacial score (nSPS) is 22.5. The van der Waals surface area contributed by atoms with Gasteiger partial charge in [-0.25, -0.2) is 4.79 Å². The molecule has 3 aliphatic heterocycles. The van der Waals surface area contributed by atoms with Crippen LogP contribution in [0.2, 0.25) is 0 Å². The SMILES string of the molecule is O=C1C2CCCCN2C(=O)N1CCCCN1CCN(c2cccc([N+](=O)[O-])c2)CC1. The van der Waals surface area contributed by atoms with Gasteiger partial charge >= 0.3 is 6.03 Å². The third kappa shape index (κ3) is 4.26. The third-order valence-corrected chi connectivity index (χ3v) is 6.41. The molecule has 1 atom stereocenters. The minimum atomic E-state index is -0.360. The number of carbonyl (C=O) groups is 2. The molecule has 3 heterocycles. The Kier molecular flexibility index (Phi) is 6.17. The van der Waals surface area contributed by atoms with E-state index in [2.05, 4.69) is 9.80 Å². The molecular weight excluding hydrogens is 386 g/mol. The maximum absolute atomic E-state index is 12.5. The molecule has 0 saturated carbocycles. The van der Waals surface area contributed by atoms with Crippen molar-refractivity contribution in [2.45, 2.75) is 38.1 Å². The number of nitrogens with zero attached hydrogens (tertiary/aromatic N) is 5. The van der Waals surface area contributed by atoms with Crippen molar-refractivity contribution in [3.63, 3.8) is 0 Å². The molecule has 0 spiro atoms.